The molecular formula is C23H24FN7O2. The highest BCUT2D eigenvalue weighted by Gasteiger charge is 2.24. The quantitative estimate of drug-likeness (QED) is 0.413. The first-order valence-corrected chi connectivity index (χ1v) is 10.7. The van der Waals surface area contributed by atoms with Crippen LogP contribution in [0.3, 0.4) is 0 Å². The van der Waals surface area contributed by atoms with Crippen LogP contribution >= 0.6 is 0 Å². The van der Waals surface area contributed by atoms with Gasteiger partial charge in [0, 0.05) is 19.5 Å². The van der Waals surface area contributed by atoms with Gasteiger partial charge in [-0.3, -0.25) is 9.59 Å². The summed E-state index contributed by atoms with van der Waals surface area (Å²) in [6, 6.07) is 12.8. The minimum absolute atomic E-state index is 0.145. The topological polar surface area (TPSA) is 108 Å². The third-order valence-electron chi connectivity index (χ3n) is 5.45. The molecule has 1 atom stereocenters. The minimum atomic E-state index is -0.728. The number of amides is 1. The van der Waals surface area contributed by atoms with Gasteiger partial charge >= 0.3 is 0 Å². The molecule has 1 N–H and O–H groups in total. The summed E-state index contributed by atoms with van der Waals surface area (Å²) in [5, 5.41) is 14.3. The monoisotopic (exact) mass is 449 g/mol. The van der Waals surface area contributed by atoms with Crippen LogP contribution in [-0.2, 0) is 17.8 Å². The van der Waals surface area contributed by atoms with Gasteiger partial charge in [0.2, 0.25) is 5.91 Å². The third kappa shape index (κ3) is 4.94. The number of fused-ring (bicyclic) bond motifs is 1. The molecule has 0 saturated carbocycles. The molecule has 0 aliphatic carbocycles. The fraction of sp³-hybridized carbons (Fsp3) is 0.304. The average molecular weight is 449 g/mol. The second-order valence-electron chi connectivity index (χ2n) is 7.81. The Balaban J connectivity index is 1.45. The minimum Gasteiger partial charge on any atom is -0.354 e. The first-order chi connectivity index (χ1) is 15.9. The van der Waals surface area contributed by atoms with Crippen LogP contribution in [0.25, 0.3) is 11.0 Å². The van der Waals surface area contributed by atoms with E-state index in [2.05, 4.69) is 25.8 Å². The number of carbonyl (C=O) groups is 1. The van der Waals surface area contributed by atoms with Gasteiger partial charge in [0.1, 0.15) is 23.4 Å². The maximum atomic E-state index is 13.6. The second-order valence-corrected chi connectivity index (χ2v) is 7.81. The number of benzene rings is 2. The van der Waals surface area contributed by atoms with Gasteiger partial charge < -0.3 is 9.88 Å². The number of tetrazole rings is 1. The van der Waals surface area contributed by atoms with Crippen molar-refractivity contribution in [1.29, 1.82) is 0 Å². The van der Waals surface area contributed by atoms with Crippen LogP contribution in [-0.4, -0.2) is 42.2 Å². The van der Waals surface area contributed by atoms with Gasteiger partial charge in [0.05, 0.1) is 11.0 Å². The normalized spacial score (nSPS) is 12.1. The summed E-state index contributed by atoms with van der Waals surface area (Å²) in [7, 11) is 0. The molecule has 0 aliphatic rings. The molecule has 33 heavy (non-hydrogen) atoms. The molecule has 0 radical (unpaired) electrons. The summed E-state index contributed by atoms with van der Waals surface area (Å²) in [5.41, 5.74) is 2.46. The van der Waals surface area contributed by atoms with Gasteiger partial charge in [0.15, 0.2) is 0 Å². The number of hydrogen-bond acceptors (Lipinski definition) is 6. The zero-order valence-corrected chi connectivity index (χ0v) is 18.4. The molecule has 0 bridgehead atoms. The number of hydrogen-bond donors (Lipinski definition) is 1. The van der Waals surface area contributed by atoms with E-state index in [1.807, 2.05) is 24.3 Å². The maximum Gasteiger partial charge on any atom is 0.272 e. The highest BCUT2D eigenvalue weighted by Crippen LogP contribution is 2.16. The number of aryl methyl sites for hydroxylation is 3. The summed E-state index contributed by atoms with van der Waals surface area (Å²) in [5.74, 6) is -0.167. The van der Waals surface area contributed by atoms with Crippen molar-refractivity contribution in [2.45, 2.75) is 39.3 Å². The zero-order chi connectivity index (χ0) is 23.4. The molecule has 0 unspecified atom stereocenters. The lowest BCUT2D eigenvalue weighted by Crippen LogP contribution is -2.36. The van der Waals surface area contributed by atoms with Gasteiger partial charge in [0.25, 0.3) is 5.56 Å². The first-order valence-electron chi connectivity index (χ1n) is 10.7. The smallest absolute Gasteiger partial charge is 0.272 e. The van der Waals surface area contributed by atoms with Crippen molar-refractivity contribution in [1.82, 2.24) is 35.1 Å². The van der Waals surface area contributed by atoms with E-state index in [-0.39, 0.29) is 23.7 Å². The van der Waals surface area contributed by atoms with Gasteiger partial charge in [-0.25, -0.2) is 14.1 Å². The van der Waals surface area contributed by atoms with Gasteiger partial charge in [-0.05, 0) is 60.5 Å². The van der Waals surface area contributed by atoms with Gasteiger partial charge in [-0.2, -0.15) is 0 Å². The number of carbonyl (C=O) groups excluding carboxylic acids is 1. The Kier molecular flexibility index (Phi) is 6.53. The van der Waals surface area contributed by atoms with Crippen molar-refractivity contribution >= 4 is 16.9 Å². The molecule has 0 aliphatic heterocycles. The lowest BCUT2D eigenvalue weighted by Gasteiger charge is -2.18. The predicted molar refractivity (Wildman–Crippen MR) is 120 cm³/mol. The molecule has 2 heterocycles. The van der Waals surface area contributed by atoms with Gasteiger partial charge in [-0.15, -0.1) is 5.10 Å². The molecule has 0 fully saturated rings. The van der Waals surface area contributed by atoms with Crippen LogP contribution < -0.4 is 10.9 Å². The molecular weight excluding hydrogens is 425 g/mol. The van der Waals surface area contributed by atoms with Crippen LogP contribution in [0.1, 0.15) is 29.5 Å². The maximum absolute atomic E-state index is 13.6. The molecule has 0 spiro atoms. The summed E-state index contributed by atoms with van der Waals surface area (Å²) < 4.78 is 16.8. The van der Waals surface area contributed by atoms with E-state index in [9.17, 15) is 14.0 Å². The van der Waals surface area contributed by atoms with E-state index in [1.54, 1.807) is 30.5 Å². The standard InChI is InChI=1S/C23H24FN7O2/c1-15-23(33)30(20-10-4-3-9-19(20)26-15)12-6-11-25-22(32)21(31-16(2)27-28-29-31)14-17-7-5-8-18(24)13-17/h3-5,7-10,13,21H,6,11-12,14H2,1-2H3,(H,25,32)/t21-/m1/s1. The van der Waals surface area contributed by atoms with E-state index in [1.165, 1.54) is 16.8 Å². The lowest BCUT2D eigenvalue weighted by atomic mass is 10.0. The molecule has 0 saturated heterocycles. The van der Waals surface area contributed by atoms with Crippen molar-refractivity contribution in [2.75, 3.05) is 6.54 Å². The average Bonchev–Trinajstić information content (AvgIpc) is 3.22. The number of aromatic nitrogens is 6. The number of nitrogens with one attached hydrogen (secondary N) is 1. The highest BCUT2D eigenvalue weighted by molar-refractivity contribution is 5.80. The molecule has 1 amide bonds. The van der Waals surface area contributed by atoms with Crippen LogP contribution in [0.4, 0.5) is 4.39 Å². The number of para-hydroxylation sites is 2. The van der Waals surface area contributed by atoms with Crippen molar-refractivity contribution in [3.63, 3.8) is 0 Å². The summed E-state index contributed by atoms with van der Waals surface area (Å²) >= 11 is 0. The van der Waals surface area contributed by atoms with E-state index in [0.717, 1.165) is 11.0 Å². The fourth-order valence-corrected chi connectivity index (χ4v) is 3.81. The number of nitrogens with zero attached hydrogens (tertiary/aromatic N) is 6. The molecule has 170 valence electrons. The Morgan fingerprint density at radius 2 is 1.97 bits per heavy atom. The van der Waals surface area contributed by atoms with Crippen molar-refractivity contribution in [2.24, 2.45) is 0 Å². The number of rotatable bonds is 8. The van der Waals surface area contributed by atoms with Crippen molar-refractivity contribution < 1.29 is 9.18 Å². The lowest BCUT2D eigenvalue weighted by molar-refractivity contribution is -0.124. The zero-order valence-electron chi connectivity index (χ0n) is 18.4. The Bertz CT molecular complexity index is 1350. The first kappa shape index (κ1) is 22.3. The Labute approximate surface area is 189 Å². The molecule has 2 aromatic heterocycles. The number of halogens is 1. The Morgan fingerprint density at radius 1 is 1.15 bits per heavy atom. The largest absolute Gasteiger partial charge is 0.354 e. The molecule has 4 rings (SSSR count). The SMILES string of the molecule is Cc1nc2ccccc2n(CCCNC(=O)[C@@H](Cc2cccc(F)c2)n2nnnc2C)c1=O. The summed E-state index contributed by atoms with van der Waals surface area (Å²) in [6.45, 7) is 4.18. The van der Waals surface area contributed by atoms with Crippen molar-refractivity contribution in [3.8, 4) is 0 Å². The molecule has 10 heteroatoms. The van der Waals surface area contributed by atoms with E-state index >= 15 is 0 Å². The van der Waals surface area contributed by atoms with Crippen LogP contribution in [0.5, 0.6) is 0 Å². The second kappa shape index (κ2) is 9.68. The third-order valence-corrected chi connectivity index (χ3v) is 5.45. The Morgan fingerprint density at radius 3 is 2.73 bits per heavy atom. The van der Waals surface area contributed by atoms with Crippen molar-refractivity contribution in [3.05, 3.63) is 81.8 Å². The molecule has 9 nitrogen and oxygen atoms in total. The fourth-order valence-electron chi connectivity index (χ4n) is 3.81. The van der Waals surface area contributed by atoms with Crippen LogP contribution in [0.2, 0.25) is 0 Å². The van der Waals surface area contributed by atoms with Crippen LogP contribution in [0, 0.1) is 19.7 Å². The predicted octanol–water partition coefficient (Wildman–Crippen LogP) is 2.13. The van der Waals surface area contributed by atoms with Crippen LogP contribution in [0.15, 0.2) is 53.3 Å². The van der Waals surface area contributed by atoms with E-state index in [4.69, 9.17) is 0 Å². The van der Waals surface area contributed by atoms with E-state index < -0.39 is 6.04 Å². The van der Waals surface area contributed by atoms with E-state index in [0.29, 0.717) is 36.6 Å². The highest BCUT2D eigenvalue weighted by atomic mass is 19.1. The molecule has 2 aromatic carbocycles. The van der Waals surface area contributed by atoms with Gasteiger partial charge in [-0.1, -0.05) is 24.3 Å². The summed E-state index contributed by atoms with van der Waals surface area (Å²) in [6.07, 6.45) is 0.781. The Hall–Kier alpha value is -3.95. The molecule has 4 aromatic rings. The summed E-state index contributed by atoms with van der Waals surface area (Å²) in [4.78, 5) is 30.0.